The molecule has 64 heavy (non-hydrogen) atoms. The van der Waals surface area contributed by atoms with Gasteiger partial charge in [0.2, 0.25) is 5.91 Å². The zero-order valence-corrected chi connectivity index (χ0v) is 42.4. The van der Waals surface area contributed by atoms with Crippen LogP contribution in [0, 0.1) is 0 Å². The van der Waals surface area contributed by atoms with Crippen molar-refractivity contribution < 1.29 is 24.5 Å². The molecule has 6 heteroatoms. The van der Waals surface area contributed by atoms with E-state index < -0.39 is 18.2 Å². The van der Waals surface area contributed by atoms with Crippen LogP contribution in [0.5, 0.6) is 0 Å². The summed E-state index contributed by atoms with van der Waals surface area (Å²) in [5.41, 5.74) is 0. The SMILES string of the molecule is CCCCC/C=C/C=C/CCCCCCCCC(=O)OC(CCCCC/C=C/C=C/C=C/CCCCCCC)CC(=O)NC(CO)C(O)CCCCCCCCCCCCCCCC. The molecule has 0 heterocycles. The molecule has 0 aromatic carbocycles. The standard InChI is InChI=1S/C58H105NO5/c1-4-7-10-13-16-19-22-25-28-30-31-34-37-40-43-46-49-54(64-58(63)51-48-45-42-39-36-33-29-26-23-20-17-14-11-8-5-2)52-57(62)59-55(53-60)56(61)50-47-44-41-38-35-32-27-24-21-18-15-12-9-6-3/h17,20,22-23,25-26,28,30-31,34,54-56,60-61H,4-16,18-19,21,24,27,29,32-33,35-53H2,1-3H3,(H,59,62)/b20-17+,25-22+,26-23+,30-28+,34-31+. The first-order valence-corrected chi connectivity index (χ1v) is 27.6. The number of aliphatic hydroxyl groups is 2. The summed E-state index contributed by atoms with van der Waals surface area (Å²) in [5, 5.41) is 23.8. The Morgan fingerprint density at radius 1 is 0.453 bits per heavy atom. The van der Waals surface area contributed by atoms with Crippen LogP contribution in [0.15, 0.2) is 60.8 Å². The Morgan fingerprint density at radius 3 is 1.25 bits per heavy atom. The molecule has 0 aromatic heterocycles. The number of ether oxygens (including phenoxy) is 1. The quantitative estimate of drug-likeness (QED) is 0.0321. The Morgan fingerprint density at radius 2 is 0.797 bits per heavy atom. The van der Waals surface area contributed by atoms with E-state index in [-0.39, 0.29) is 24.9 Å². The highest BCUT2D eigenvalue weighted by Crippen LogP contribution is 2.18. The number of amides is 1. The Kier molecular flexibility index (Phi) is 49.6. The molecule has 6 nitrogen and oxygen atoms in total. The third-order valence-electron chi connectivity index (χ3n) is 12.4. The fraction of sp³-hybridized carbons (Fsp3) is 0.793. The molecule has 0 aliphatic carbocycles. The van der Waals surface area contributed by atoms with Gasteiger partial charge in [-0.25, -0.2) is 0 Å². The third-order valence-corrected chi connectivity index (χ3v) is 12.4. The van der Waals surface area contributed by atoms with Gasteiger partial charge < -0.3 is 20.3 Å². The molecule has 3 unspecified atom stereocenters. The summed E-state index contributed by atoms with van der Waals surface area (Å²) in [6.07, 6.45) is 64.2. The van der Waals surface area contributed by atoms with Crippen molar-refractivity contribution in [3.63, 3.8) is 0 Å². The first-order valence-electron chi connectivity index (χ1n) is 27.6. The Labute approximate surface area is 397 Å². The van der Waals surface area contributed by atoms with Crippen molar-refractivity contribution in [2.24, 2.45) is 0 Å². The minimum absolute atomic E-state index is 0.0495. The maximum Gasteiger partial charge on any atom is 0.306 e. The molecular weight excluding hydrogens is 791 g/mol. The molecule has 0 saturated heterocycles. The number of allylic oxidation sites excluding steroid dienone is 10. The van der Waals surface area contributed by atoms with Gasteiger partial charge in [-0.2, -0.15) is 0 Å². The lowest BCUT2D eigenvalue weighted by molar-refractivity contribution is -0.151. The monoisotopic (exact) mass is 896 g/mol. The summed E-state index contributed by atoms with van der Waals surface area (Å²) in [7, 11) is 0. The summed E-state index contributed by atoms with van der Waals surface area (Å²) in [4.78, 5) is 26.2. The van der Waals surface area contributed by atoms with Crippen LogP contribution >= 0.6 is 0 Å². The van der Waals surface area contributed by atoms with Gasteiger partial charge in [-0.05, 0) is 77.0 Å². The van der Waals surface area contributed by atoms with E-state index in [1.54, 1.807) is 0 Å². The number of hydrogen-bond donors (Lipinski definition) is 3. The van der Waals surface area contributed by atoms with Crippen LogP contribution in [0.4, 0.5) is 0 Å². The summed E-state index contributed by atoms with van der Waals surface area (Å²) in [6.45, 7) is 6.44. The summed E-state index contributed by atoms with van der Waals surface area (Å²) in [6, 6.07) is -0.717. The normalized spacial score (nSPS) is 13.6. The van der Waals surface area contributed by atoms with Crippen LogP contribution in [0.1, 0.15) is 271 Å². The van der Waals surface area contributed by atoms with Gasteiger partial charge >= 0.3 is 5.97 Å². The highest BCUT2D eigenvalue weighted by Gasteiger charge is 2.24. The second-order valence-corrected chi connectivity index (χ2v) is 18.7. The number of esters is 1. The third kappa shape index (κ3) is 46.1. The predicted octanol–water partition coefficient (Wildman–Crippen LogP) is 16.8. The van der Waals surface area contributed by atoms with E-state index in [1.807, 2.05) is 0 Å². The molecule has 0 radical (unpaired) electrons. The van der Waals surface area contributed by atoms with Crippen LogP contribution in [0.3, 0.4) is 0 Å². The maximum absolute atomic E-state index is 13.2. The van der Waals surface area contributed by atoms with Gasteiger partial charge in [0.25, 0.3) is 0 Å². The van der Waals surface area contributed by atoms with E-state index in [9.17, 15) is 19.8 Å². The van der Waals surface area contributed by atoms with E-state index in [1.165, 1.54) is 148 Å². The molecule has 1 amide bonds. The first kappa shape index (κ1) is 61.6. The van der Waals surface area contributed by atoms with Gasteiger partial charge in [0.05, 0.1) is 25.2 Å². The van der Waals surface area contributed by atoms with Crippen molar-refractivity contribution >= 4 is 11.9 Å². The van der Waals surface area contributed by atoms with Gasteiger partial charge in [0.1, 0.15) is 6.10 Å². The Bertz CT molecular complexity index is 1140. The number of carbonyl (C=O) groups is 2. The smallest absolute Gasteiger partial charge is 0.306 e. The molecule has 0 aliphatic rings. The van der Waals surface area contributed by atoms with E-state index >= 15 is 0 Å². The van der Waals surface area contributed by atoms with Gasteiger partial charge in [-0.15, -0.1) is 0 Å². The fourth-order valence-electron chi connectivity index (χ4n) is 8.19. The van der Waals surface area contributed by atoms with Crippen molar-refractivity contribution in [3.8, 4) is 0 Å². The van der Waals surface area contributed by atoms with Crippen LogP contribution < -0.4 is 5.32 Å². The van der Waals surface area contributed by atoms with Gasteiger partial charge in [-0.1, -0.05) is 242 Å². The van der Waals surface area contributed by atoms with E-state index in [2.05, 4.69) is 86.8 Å². The van der Waals surface area contributed by atoms with E-state index in [4.69, 9.17) is 4.74 Å². The molecule has 0 fully saturated rings. The molecular formula is C58H105NO5. The molecule has 0 saturated carbocycles. The van der Waals surface area contributed by atoms with Gasteiger partial charge in [0, 0.05) is 6.42 Å². The molecule has 0 spiro atoms. The molecule has 0 bridgehead atoms. The summed E-state index contributed by atoms with van der Waals surface area (Å²) < 4.78 is 5.93. The van der Waals surface area contributed by atoms with Crippen molar-refractivity contribution in [2.45, 2.75) is 289 Å². The number of hydrogen-bond acceptors (Lipinski definition) is 5. The first-order chi connectivity index (χ1) is 31.5. The fourth-order valence-corrected chi connectivity index (χ4v) is 8.19. The van der Waals surface area contributed by atoms with Gasteiger partial charge in [-0.3, -0.25) is 9.59 Å². The zero-order chi connectivity index (χ0) is 46.7. The van der Waals surface area contributed by atoms with Crippen molar-refractivity contribution in [1.29, 1.82) is 0 Å². The maximum atomic E-state index is 13.2. The zero-order valence-electron chi connectivity index (χ0n) is 42.4. The van der Waals surface area contributed by atoms with Crippen molar-refractivity contribution in [1.82, 2.24) is 5.32 Å². The lowest BCUT2D eigenvalue weighted by Crippen LogP contribution is -2.46. The van der Waals surface area contributed by atoms with E-state index in [0.717, 1.165) is 77.0 Å². The average Bonchev–Trinajstić information content (AvgIpc) is 3.29. The minimum Gasteiger partial charge on any atom is -0.462 e. The largest absolute Gasteiger partial charge is 0.462 e. The summed E-state index contributed by atoms with van der Waals surface area (Å²) >= 11 is 0. The number of rotatable bonds is 49. The van der Waals surface area contributed by atoms with Crippen LogP contribution in [0.25, 0.3) is 0 Å². The van der Waals surface area contributed by atoms with Crippen LogP contribution in [-0.2, 0) is 14.3 Å². The Balaban J connectivity index is 4.66. The lowest BCUT2D eigenvalue weighted by atomic mass is 10.0. The molecule has 0 aromatic rings. The van der Waals surface area contributed by atoms with Gasteiger partial charge in [0.15, 0.2) is 0 Å². The minimum atomic E-state index is -0.801. The predicted molar refractivity (Wildman–Crippen MR) is 278 cm³/mol. The molecule has 372 valence electrons. The number of carbonyl (C=O) groups excluding carboxylic acids is 2. The van der Waals surface area contributed by atoms with Crippen LogP contribution in [-0.4, -0.2) is 46.9 Å². The molecule has 0 rings (SSSR count). The highest BCUT2D eigenvalue weighted by molar-refractivity contribution is 5.77. The molecule has 3 atom stereocenters. The average molecular weight is 896 g/mol. The topological polar surface area (TPSA) is 95.9 Å². The number of nitrogens with one attached hydrogen (secondary N) is 1. The molecule has 0 aliphatic heterocycles. The van der Waals surface area contributed by atoms with Crippen molar-refractivity contribution in [3.05, 3.63) is 60.8 Å². The number of unbranched alkanes of at least 4 members (excludes halogenated alkanes) is 30. The highest BCUT2D eigenvalue weighted by atomic mass is 16.5. The second-order valence-electron chi connectivity index (χ2n) is 18.7. The number of aliphatic hydroxyl groups excluding tert-OH is 2. The second kappa shape index (κ2) is 51.5. The van der Waals surface area contributed by atoms with Crippen molar-refractivity contribution in [2.75, 3.05) is 6.61 Å². The Hall–Kier alpha value is -2.44. The summed E-state index contributed by atoms with van der Waals surface area (Å²) in [5.74, 6) is -0.516. The lowest BCUT2D eigenvalue weighted by Gasteiger charge is -2.24. The molecule has 3 N–H and O–H groups in total. The van der Waals surface area contributed by atoms with E-state index in [0.29, 0.717) is 19.3 Å². The van der Waals surface area contributed by atoms with Crippen LogP contribution in [0.2, 0.25) is 0 Å².